The summed E-state index contributed by atoms with van der Waals surface area (Å²) in [5.41, 5.74) is 0.855. The Labute approximate surface area is 109 Å². The molecule has 0 bridgehead atoms. The maximum atomic E-state index is 13.9. The zero-order chi connectivity index (χ0) is 14.2. The van der Waals surface area contributed by atoms with Gasteiger partial charge in [0.15, 0.2) is 0 Å². The molecule has 1 aromatic heterocycles. The van der Waals surface area contributed by atoms with E-state index in [0.29, 0.717) is 10.9 Å². The first-order valence-electron chi connectivity index (χ1n) is 5.85. The summed E-state index contributed by atoms with van der Waals surface area (Å²) in [6.07, 6.45) is 0. The van der Waals surface area contributed by atoms with E-state index in [9.17, 15) is 14.0 Å². The van der Waals surface area contributed by atoms with Crippen LogP contribution >= 0.6 is 0 Å². The molecule has 1 N–H and O–H groups in total. The quantitative estimate of drug-likeness (QED) is 0.845. The van der Waals surface area contributed by atoms with E-state index in [0.717, 1.165) is 5.56 Å². The highest BCUT2D eigenvalue weighted by molar-refractivity contribution is 5.89. The molecular formula is C14H14FNO3. The number of nitrogens with one attached hydrogen (secondary N) is 1. The molecule has 0 fully saturated rings. The molecule has 0 saturated heterocycles. The number of methoxy groups -OCH3 is 1. The summed E-state index contributed by atoms with van der Waals surface area (Å²) in [6, 6.07) is 4.39. The monoisotopic (exact) mass is 263 g/mol. The zero-order valence-corrected chi connectivity index (χ0v) is 10.9. The van der Waals surface area contributed by atoms with E-state index in [1.807, 2.05) is 0 Å². The fourth-order valence-corrected chi connectivity index (χ4v) is 2.14. The average Bonchev–Trinajstić information content (AvgIpc) is 2.37. The van der Waals surface area contributed by atoms with E-state index in [4.69, 9.17) is 0 Å². The summed E-state index contributed by atoms with van der Waals surface area (Å²) in [4.78, 5) is 25.6. The number of rotatable bonds is 2. The van der Waals surface area contributed by atoms with Gasteiger partial charge in [0.05, 0.1) is 18.5 Å². The van der Waals surface area contributed by atoms with E-state index in [-0.39, 0.29) is 5.52 Å². The molecule has 0 spiro atoms. The second kappa shape index (κ2) is 4.84. The normalized spacial score (nSPS) is 12.4. The van der Waals surface area contributed by atoms with Crippen molar-refractivity contribution in [2.45, 2.75) is 19.8 Å². The third-order valence-electron chi connectivity index (χ3n) is 3.10. The first-order chi connectivity index (χ1) is 8.93. The van der Waals surface area contributed by atoms with Crippen molar-refractivity contribution >= 4 is 16.9 Å². The molecule has 0 amide bonds. The number of aryl methyl sites for hydroxylation is 1. The number of ether oxygens (including phenoxy) is 1. The summed E-state index contributed by atoms with van der Waals surface area (Å²) in [5.74, 6) is -1.60. The lowest BCUT2D eigenvalue weighted by molar-refractivity contribution is -0.141. The lowest BCUT2D eigenvalue weighted by Gasteiger charge is -2.13. The molecule has 19 heavy (non-hydrogen) atoms. The van der Waals surface area contributed by atoms with Crippen LogP contribution in [0.3, 0.4) is 0 Å². The van der Waals surface area contributed by atoms with Gasteiger partial charge in [0.1, 0.15) is 5.82 Å². The van der Waals surface area contributed by atoms with Crippen LogP contribution in [0.4, 0.5) is 4.39 Å². The number of benzene rings is 1. The number of hydrogen-bond acceptors (Lipinski definition) is 3. The predicted octanol–water partition coefficient (Wildman–Crippen LogP) is 2.25. The largest absolute Gasteiger partial charge is 0.469 e. The molecule has 1 aromatic carbocycles. The second-order valence-electron chi connectivity index (χ2n) is 4.50. The van der Waals surface area contributed by atoms with Crippen LogP contribution in [-0.2, 0) is 9.53 Å². The Morgan fingerprint density at radius 3 is 2.68 bits per heavy atom. The van der Waals surface area contributed by atoms with Crippen LogP contribution in [0.15, 0.2) is 23.0 Å². The SMILES string of the molecule is COC(=O)C(C)c1cc(=O)[nH]c2c(F)cc(C)cc12. The van der Waals surface area contributed by atoms with Gasteiger partial charge in [-0.15, -0.1) is 0 Å². The number of aromatic nitrogens is 1. The summed E-state index contributed by atoms with van der Waals surface area (Å²) < 4.78 is 18.5. The van der Waals surface area contributed by atoms with Gasteiger partial charge in [0, 0.05) is 11.5 Å². The Morgan fingerprint density at radius 2 is 2.05 bits per heavy atom. The van der Waals surface area contributed by atoms with E-state index in [1.54, 1.807) is 19.9 Å². The molecule has 5 heteroatoms. The van der Waals surface area contributed by atoms with Crippen molar-refractivity contribution in [3.05, 3.63) is 45.5 Å². The first-order valence-corrected chi connectivity index (χ1v) is 5.85. The Bertz CT molecular complexity index is 706. The first kappa shape index (κ1) is 13.3. The van der Waals surface area contributed by atoms with E-state index >= 15 is 0 Å². The second-order valence-corrected chi connectivity index (χ2v) is 4.50. The number of aromatic amines is 1. The molecule has 0 aliphatic heterocycles. The highest BCUT2D eigenvalue weighted by Crippen LogP contribution is 2.26. The third kappa shape index (κ3) is 2.36. The molecule has 0 saturated carbocycles. The number of esters is 1. The molecular weight excluding hydrogens is 249 g/mol. The van der Waals surface area contributed by atoms with E-state index < -0.39 is 23.3 Å². The number of fused-ring (bicyclic) bond motifs is 1. The maximum absolute atomic E-state index is 13.9. The van der Waals surface area contributed by atoms with Crippen molar-refractivity contribution in [1.82, 2.24) is 4.98 Å². The van der Waals surface area contributed by atoms with Crippen molar-refractivity contribution in [3.63, 3.8) is 0 Å². The lowest BCUT2D eigenvalue weighted by atomic mass is 9.96. The fourth-order valence-electron chi connectivity index (χ4n) is 2.14. The Hall–Kier alpha value is -2.17. The molecule has 4 nitrogen and oxygen atoms in total. The molecule has 1 atom stereocenters. The van der Waals surface area contributed by atoms with Crippen LogP contribution in [0.5, 0.6) is 0 Å². The van der Waals surface area contributed by atoms with Gasteiger partial charge >= 0.3 is 5.97 Å². The molecule has 0 radical (unpaired) electrons. The van der Waals surface area contributed by atoms with Gasteiger partial charge in [0.25, 0.3) is 0 Å². The van der Waals surface area contributed by atoms with Crippen molar-refractivity contribution in [3.8, 4) is 0 Å². The van der Waals surface area contributed by atoms with Crippen LogP contribution in [0.1, 0.15) is 24.0 Å². The Balaban J connectivity index is 2.80. The zero-order valence-electron chi connectivity index (χ0n) is 10.9. The van der Waals surface area contributed by atoms with Gasteiger partial charge in [-0.3, -0.25) is 9.59 Å². The highest BCUT2D eigenvalue weighted by atomic mass is 19.1. The van der Waals surface area contributed by atoms with Crippen molar-refractivity contribution in [1.29, 1.82) is 0 Å². The van der Waals surface area contributed by atoms with Crippen molar-refractivity contribution in [2.24, 2.45) is 0 Å². The number of hydrogen-bond donors (Lipinski definition) is 1. The Kier molecular flexibility index (Phi) is 3.38. The minimum absolute atomic E-state index is 0.115. The third-order valence-corrected chi connectivity index (χ3v) is 3.10. The molecule has 0 aliphatic carbocycles. The minimum Gasteiger partial charge on any atom is -0.469 e. The number of halogens is 1. The van der Waals surface area contributed by atoms with Crippen molar-refractivity contribution in [2.75, 3.05) is 7.11 Å². The minimum atomic E-state index is -0.629. The fraction of sp³-hybridized carbons (Fsp3) is 0.286. The van der Waals surface area contributed by atoms with Gasteiger partial charge in [-0.05, 0) is 37.1 Å². The molecule has 1 heterocycles. The van der Waals surface area contributed by atoms with Crippen LogP contribution < -0.4 is 5.56 Å². The summed E-state index contributed by atoms with van der Waals surface area (Å²) >= 11 is 0. The Morgan fingerprint density at radius 1 is 1.37 bits per heavy atom. The topological polar surface area (TPSA) is 59.2 Å². The van der Waals surface area contributed by atoms with Crippen molar-refractivity contribution < 1.29 is 13.9 Å². The number of carbonyl (C=O) groups is 1. The van der Waals surface area contributed by atoms with Crippen LogP contribution in [0.25, 0.3) is 10.9 Å². The molecule has 1 unspecified atom stereocenters. The summed E-state index contributed by atoms with van der Waals surface area (Å²) in [6.45, 7) is 3.38. The molecule has 2 aromatic rings. The predicted molar refractivity (Wildman–Crippen MR) is 69.7 cm³/mol. The standard InChI is InChI=1S/C14H14FNO3/c1-7-4-10-9(8(2)14(18)19-3)6-12(17)16-13(10)11(15)5-7/h4-6,8H,1-3H3,(H,16,17). The van der Waals surface area contributed by atoms with Crippen LogP contribution in [0.2, 0.25) is 0 Å². The molecule has 2 rings (SSSR count). The summed E-state index contributed by atoms with van der Waals surface area (Å²) in [5, 5.41) is 0.523. The molecule has 100 valence electrons. The van der Waals surface area contributed by atoms with Crippen LogP contribution in [0, 0.1) is 12.7 Å². The number of H-pyrrole nitrogens is 1. The van der Waals surface area contributed by atoms with Gasteiger partial charge in [-0.2, -0.15) is 0 Å². The maximum Gasteiger partial charge on any atom is 0.312 e. The van der Waals surface area contributed by atoms with Crippen LogP contribution in [-0.4, -0.2) is 18.1 Å². The number of pyridine rings is 1. The lowest BCUT2D eigenvalue weighted by Crippen LogP contribution is -2.15. The molecule has 0 aliphatic rings. The van der Waals surface area contributed by atoms with E-state index in [1.165, 1.54) is 19.2 Å². The number of carbonyl (C=O) groups excluding carboxylic acids is 1. The summed E-state index contributed by atoms with van der Waals surface area (Å²) in [7, 11) is 1.28. The van der Waals surface area contributed by atoms with Gasteiger partial charge in [-0.25, -0.2) is 4.39 Å². The van der Waals surface area contributed by atoms with Gasteiger partial charge < -0.3 is 9.72 Å². The average molecular weight is 263 g/mol. The smallest absolute Gasteiger partial charge is 0.312 e. The van der Waals surface area contributed by atoms with Gasteiger partial charge in [-0.1, -0.05) is 0 Å². The van der Waals surface area contributed by atoms with Gasteiger partial charge in [0.2, 0.25) is 5.56 Å². The van der Waals surface area contributed by atoms with E-state index in [2.05, 4.69) is 9.72 Å². The highest BCUT2D eigenvalue weighted by Gasteiger charge is 2.20.